The first-order valence-corrected chi connectivity index (χ1v) is 7.71. The van der Waals surface area contributed by atoms with Crippen LogP contribution in [-0.4, -0.2) is 16.1 Å². The Morgan fingerprint density at radius 3 is 2.36 bits per heavy atom. The molecule has 1 heterocycles. The van der Waals surface area contributed by atoms with Gasteiger partial charge in [0, 0.05) is 10.0 Å². The number of anilines is 1. The highest BCUT2D eigenvalue weighted by atomic mass is 79.9. The summed E-state index contributed by atoms with van der Waals surface area (Å²) >= 11 is 3.26. The molecule has 0 spiro atoms. The summed E-state index contributed by atoms with van der Waals surface area (Å²) in [6, 6.07) is 10.9. The van der Waals surface area contributed by atoms with Crippen molar-refractivity contribution in [3.8, 4) is 11.5 Å². The second-order valence-corrected chi connectivity index (χ2v) is 5.78. The second kappa shape index (κ2) is 6.67. The molecule has 0 radical (unpaired) electrons. The Hall–Kier alpha value is -2.68. The zero-order chi connectivity index (χ0) is 18.0. The summed E-state index contributed by atoms with van der Waals surface area (Å²) in [5, 5.41) is 9.83. The number of carbonyl (C=O) groups excluding carboxylic acids is 1. The molecular formula is C16H9BrF3N3O2. The third-order valence-corrected chi connectivity index (χ3v) is 3.91. The van der Waals surface area contributed by atoms with Gasteiger partial charge in [-0.3, -0.25) is 10.1 Å². The fourth-order valence-electron chi connectivity index (χ4n) is 2.00. The van der Waals surface area contributed by atoms with Gasteiger partial charge in [0.25, 0.3) is 5.91 Å². The van der Waals surface area contributed by atoms with Crippen molar-refractivity contribution in [1.29, 1.82) is 0 Å². The van der Waals surface area contributed by atoms with Crippen molar-refractivity contribution in [2.75, 3.05) is 5.32 Å². The summed E-state index contributed by atoms with van der Waals surface area (Å²) in [6.45, 7) is 0. The minimum absolute atomic E-state index is 0.00356. The number of hydrogen-bond acceptors (Lipinski definition) is 4. The zero-order valence-corrected chi connectivity index (χ0v) is 13.9. The normalized spacial score (nSPS) is 11.4. The first-order valence-electron chi connectivity index (χ1n) is 6.91. The summed E-state index contributed by atoms with van der Waals surface area (Å²) in [5.74, 6) is -0.466. The molecule has 0 aliphatic heterocycles. The van der Waals surface area contributed by atoms with Crippen molar-refractivity contribution in [1.82, 2.24) is 10.2 Å². The first kappa shape index (κ1) is 17.2. The van der Waals surface area contributed by atoms with Crippen LogP contribution in [0, 0.1) is 0 Å². The highest BCUT2D eigenvalue weighted by Gasteiger charge is 2.30. The number of nitrogens with one attached hydrogen (secondary N) is 1. The van der Waals surface area contributed by atoms with E-state index in [0.29, 0.717) is 15.6 Å². The predicted molar refractivity (Wildman–Crippen MR) is 86.8 cm³/mol. The van der Waals surface area contributed by atoms with E-state index in [9.17, 15) is 18.0 Å². The van der Waals surface area contributed by atoms with E-state index in [-0.39, 0.29) is 11.9 Å². The summed E-state index contributed by atoms with van der Waals surface area (Å²) in [6.07, 6.45) is -4.42. The molecule has 0 atom stereocenters. The molecule has 0 aliphatic carbocycles. The molecule has 9 heteroatoms. The van der Waals surface area contributed by atoms with E-state index >= 15 is 0 Å². The molecule has 0 unspecified atom stereocenters. The Bertz CT molecular complexity index is 907. The van der Waals surface area contributed by atoms with Crippen LogP contribution < -0.4 is 5.32 Å². The third-order valence-electron chi connectivity index (χ3n) is 3.22. The summed E-state index contributed by atoms with van der Waals surface area (Å²) in [7, 11) is 0. The number of aromatic nitrogens is 2. The monoisotopic (exact) mass is 411 g/mol. The SMILES string of the molecule is O=C(Nc1nnc(-c2ccc(C(F)(F)F)cc2)o1)c1ccccc1Br. The van der Waals surface area contributed by atoms with Crippen molar-refractivity contribution in [2.45, 2.75) is 6.18 Å². The van der Waals surface area contributed by atoms with Gasteiger partial charge in [-0.1, -0.05) is 17.2 Å². The van der Waals surface area contributed by atoms with Crippen molar-refractivity contribution in [3.63, 3.8) is 0 Å². The molecule has 3 rings (SSSR count). The highest BCUT2D eigenvalue weighted by Crippen LogP contribution is 2.31. The Balaban J connectivity index is 1.76. The van der Waals surface area contributed by atoms with E-state index in [1.54, 1.807) is 24.3 Å². The molecule has 2 aromatic carbocycles. The predicted octanol–water partition coefficient (Wildman–Crippen LogP) is 4.77. The molecular weight excluding hydrogens is 403 g/mol. The fraction of sp³-hybridized carbons (Fsp3) is 0.0625. The van der Waals surface area contributed by atoms with E-state index in [2.05, 4.69) is 31.4 Å². The number of alkyl halides is 3. The van der Waals surface area contributed by atoms with E-state index in [1.807, 2.05) is 0 Å². The molecule has 5 nitrogen and oxygen atoms in total. The standard InChI is InChI=1S/C16H9BrF3N3O2/c17-12-4-2-1-3-11(12)13(24)21-15-23-22-14(25-15)9-5-7-10(8-6-9)16(18,19)20/h1-8H,(H,21,23,24). The Labute approximate surface area is 148 Å². The zero-order valence-electron chi connectivity index (χ0n) is 12.3. The lowest BCUT2D eigenvalue weighted by Gasteiger charge is -2.05. The lowest BCUT2D eigenvalue weighted by molar-refractivity contribution is -0.137. The van der Waals surface area contributed by atoms with Crippen LogP contribution in [0.1, 0.15) is 15.9 Å². The number of amides is 1. The van der Waals surface area contributed by atoms with E-state index < -0.39 is 17.6 Å². The van der Waals surface area contributed by atoms with E-state index in [0.717, 1.165) is 12.1 Å². The molecule has 3 aromatic rings. The van der Waals surface area contributed by atoms with Crippen LogP contribution in [0.2, 0.25) is 0 Å². The molecule has 0 fully saturated rings. The maximum atomic E-state index is 12.6. The Morgan fingerprint density at radius 2 is 1.72 bits per heavy atom. The summed E-state index contributed by atoms with van der Waals surface area (Å²) in [4.78, 5) is 12.1. The van der Waals surface area contributed by atoms with Gasteiger partial charge in [0.05, 0.1) is 11.1 Å². The number of benzene rings is 2. The molecule has 0 aliphatic rings. The largest absolute Gasteiger partial charge is 0.416 e. The Morgan fingerprint density at radius 1 is 1.04 bits per heavy atom. The molecule has 1 aromatic heterocycles. The van der Waals surface area contributed by atoms with Crippen molar-refractivity contribution >= 4 is 27.9 Å². The van der Waals surface area contributed by atoms with Gasteiger partial charge in [-0.05, 0) is 52.3 Å². The number of hydrogen-bond donors (Lipinski definition) is 1. The summed E-state index contributed by atoms with van der Waals surface area (Å²) < 4.78 is 43.6. The minimum atomic E-state index is -4.42. The van der Waals surface area contributed by atoms with Gasteiger partial charge >= 0.3 is 12.2 Å². The fourth-order valence-corrected chi connectivity index (χ4v) is 2.47. The van der Waals surface area contributed by atoms with Crippen LogP contribution in [0.3, 0.4) is 0 Å². The molecule has 25 heavy (non-hydrogen) atoms. The van der Waals surface area contributed by atoms with Gasteiger partial charge in [0.15, 0.2) is 0 Å². The van der Waals surface area contributed by atoms with Gasteiger partial charge in [0.1, 0.15) is 0 Å². The maximum absolute atomic E-state index is 12.6. The molecule has 0 saturated heterocycles. The number of carbonyl (C=O) groups is 1. The molecule has 0 saturated carbocycles. The van der Waals surface area contributed by atoms with Crippen molar-refractivity contribution in [2.24, 2.45) is 0 Å². The van der Waals surface area contributed by atoms with Crippen LogP contribution in [0.15, 0.2) is 57.4 Å². The number of rotatable bonds is 3. The second-order valence-electron chi connectivity index (χ2n) is 4.92. The smallest absolute Gasteiger partial charge is 0.403 e. The van der Waals surface area contributed by atoms with Gasteiger partial charge in [-0.2, -0.15) is 13.2 Å². The average Bonchev–Trinajstić information content (AvgIpc) is 3.03. The van der Waals surface area contributed by atoms with Crippen molar-refractivity contribution < 1.29 is 22.4 Å². The van der Waals surface area contributed by atoms with Gasteiger partial charge in [0.2, 0.25) is 5.89 Å². The molecule has 1 amide bonds. The van der Waals surface area contributed by atoms with Crippen LogP contribution in [-0.2, 0) is 6.18 Å². The average molecular weight is 412 g/mol. The molecule has 1 N–H and O–H groups in total. The quantitative estimate of drug-likeness (QED) is 0.673. The lowest BCUT2D eigenvalue weighted by atomic mass is 10.1. The number of halogens is 4. The van der Waals surface area contributed by atoms with E-state index in [1.165, 1.54) is 12.1 Å². The van der Waals surface area contributed by atoms with E-state index in [4.69, 9.17) is 4.42 Å². The lowest BCUT2D eigenvalue weighted by Crippen LogP contribution is -2.12. The summed E-state index contributed by atoms with van der Waals surface area (Å²) in [5.41, 5.74) is -0.100. The van der Waals surface area contributed by atoms with Gasteiger partial charge in [-0.25, -0.2) is 0 Å². The molecule has 128 valence electrons. The molecule has 0 bridgehead atoms. The van der Waals surface area contributed by atoms with Crippen LogP contribution in [0.4, 0.5) is 19.2 Å². The number of nitrogens with zero attached hydrogens (tertiary/aromatic N) is 2. The first-order chi connectivity index (χ1) is 11.8. The van der Waals surface area contributed by atoms with Gasteiger partial charge in [-0.15, -0.1) is 5.10 Å². The Kier molecular flexibility index (Phi) is 4.58. The van der Waals surface area contributed by atoms with Gasteiger partial charge < -0.3 is 4.42 Å². The highest BCUT2D eigenvalue weighted by molar-refractivity contribution is 9.10. The van der Waals surface area contributed by atoms with Crippen LogP contribution >= 0.6 is 15.9 Å². The third kappa shape index (κ3) is 3.87. The maximum Gasteiger partial charge on any atom is 0.416 e. The minimum Gasteiger partial charge on any atom is -0.403 e. The topological polar surface area (TPSA) is 68.0 Å². The van der Waals surface area contributed by atoms with Crippen LogP contribution in [0.5, 0.6) is 0 Å². The van der Waals surface area contributed by atoms with Crippen LogP contribution in [0.25, 0.3) is 11.5 Å². The van der Waals surface area contributed by atoms with Crippen molar-refractivity contribution in [3.05, 3.63) is 64.1 Å².